The summed E-state index contributed by atoms with van der Waals surface area (Å²) in [6.07, 6.45) is -4.70. The second-order valence-electron chi connectivity index (χ2n) is 6.35. The molecule has 0 radical (unpaired) electrons. The maximum atomic E-state index is 12.1. The normalized spacial score (nSPS) is 11.6. The molecule has 0 bridgehead atoms. The van der Waals surface area contributed by atoms with Gasteiger partial charge in [0.05, 0.1) is 24.0 Å². The molecule has 2 heterocycles. The maximum absolute atomic E-state index is 12.1. The number of imidazole rings is 1. The van der Waals surface area contributed by atoms with E-state index in [0.29, 0.717) is 22.4 Å². The molecule has 12 heteroatoms. The van der Waals surface area contributed by atoms with Gasteiger partial charge in [0.25, 0.3) is 5.91 Å². The molecule has 0 saturated heterocycles. The largest absolute Gasteiger partial charge is 0.389 e. The minimum absolute atomic E-state index is 0.0483. The molecule has 0 spiro atoms. The first-order chi connectivity index (χ1) is 13.7. The Morgan fingerprint density at radius 3 is 2.69 bits per heavy atom. The summed E-state index contributed by atoms with van der Waals surface area (Å²) < 4.78 is 37.8. The topological polar surface area (TPSA) is 118 Å². The molecule has 3 N–H and O–H groups in total. The number of rotatable bonds is 7. The van der Waals surface area contributed by atoms with E-state index in [9.17, 15) is 22.8 Å². The number of hydrogen-bond acceptors (Lipinski definition) is 5. The average Bonchev–Trinajstić information content (AvgIpc) is 3.27. The van der Waals surface area contributed by atoms with Crippen molar-refractivity contribution in [3.05, 3.63) is 41.7 Å². The molecule has 3 aromatic rings. The smallest absolute Gasteiger partial charge is 0.352 e. The van der Waals surface area contributed by atoms with Crippen molar-refractivity contribution in [3.63, 3.8) is 0 Å². The van der Waals surface area contributed by atoms with Crippen LogP contribution in [-0.2, 0) is 24.9 Å². The van der Waals surface area contributed by atoms with Gasteiger partial charge < -0.3 is 15.6 Å². The molecule has 1 aromatic carbocycles. The number of amides is 2. The number of H-pyrrole nitrogens is 1. The lowest BCUT2D eigenvalue weighted by Gasteiger charge is -2.07. The molecule has 0 fully saturated rings. The Morgan fingerprint density at radius 1 is 1.21 bits per heavy atom. The molecule has 0 aliphatic rings. The van der Waals surface area contributed by atoms with E-state index in [4.69, 9.17) is 0 Å². The Kier molecular flexibility index (Phi) is 5.80. The predicted octanol–water partition coefficient (Wildman–Crippen LogP) is 1.58. The Hall–Kier alpha value is -3.44. The number of carbonyl (C=O) groups excluding carboxylic acids is 2. The lowest BCUT2D eigenvalue weighted by atomic mass is 10.2. The van der Waals surface area contributed by atoms with Gasteiger partial charge in [0, 0.05) is 20.0 Å². The van der Waals surface area contributed by atoms with Gasteiger partial charge in [-0.15, -0.1) is 5.10 Å². The van der Waals surface area contributed by atoms with E-state index in [1.54, 1.807) is 25.2 Å². The van der Waals surface area contributed by atoms with E-state index < -0.39 is 30.8 Å². The van der Waals surface area contributed by atoms with E-state index in [0.717, 1.165) is 0 Å². The van der Waals surface area contributed by atoms with Gasteiger partial charge in [-0.05, 0) is 17.7 Å². The van der Waals surface area contributed by atoms with Crippen LogP contribution in [0.2, 0.25) is 0 Å². The third kappa shape index (κ3) is 5.77. The van der Waals surface area contributed by atoms with Crippen LogP contribution in [-0.4, -0.2) is 42.7 Å². The van der Waals surface area contributed by atoms with E-state index in [-0.39, 0.29) is 18.9 Å². The lowest BCUT2D eigenvalue weighted by Crippen LogP contribution is -2.24. The average molecular weight is 409 g/mol. The monoisotopic (exact) mass is 409 g/mol. The number of hydrogen-bond donors (Lipinski definition) is 3. The molecule has 0 aliphatic heterocycles. The summed E-state index contributed by atoms with van der Waals surface area (Å²) in [5.41, 5.74) is 2.03. The second-order valence-corrected chi connectivity index (χ2v) is 6.35. The molecular formula is C17H18F3N7O2. The zero-order chi connectivity index (χ0) is 21.0. The second kappa shape index (κ2) is 8.29. The zero-order valence-corrected chi connectivity index (χ0v) is 15.4. The van der Waals surface area contributed by atoms with Gasteiger partial charge in [-0.3, -0.25) is 14.3 Å². The van der Waals surface area contributed by atoms with Crippen LogP contribution in [0.4, 0.5) is 13.2 Å². The summed E-state index contributed by atoms with van der Waals surface area (Å²) in [5.74, 6) is -0.547. The number of fused-ring (bicyclic) bond motifs is 1. The van der Waals surface area contributed by atoms with E-state index >= 15 is 0 Å². The number of aromatic amines is 1. The molecule has 154 valence electrons. The van der Waals surface area contributed by atoms with Gasteiger partial charge in [-0.1, -0.05) is 6.07 Å². The summed E-state index contributed by atoms with van der Waals surface area (Å²) in [7, 11) is 1.65. The number of aromatic nitrogens is 5. The molecule has 0 saturated carbocycles. The summed E-state index contributed by atoms with van der Waals surface area (Å²) in [5, 5.41) is 9.01. The van der Waals surface area contributed by atoms with Crippen molar-refractivity contribution in [2.45, 2.75) is 32.1 Å². The lowest BCUT2D eigenvalue weighted by molar-refractivity contribution is -0.144. The van der Waals surface area contributed by atoms with E-state index in [1.807, 2.05) is 0 Å². The van der Waals surface area contributed by atoms with Gasteiger partial charge in [0.15, 0.2) is 0 Å². The minimum atomic E-state index is -4.36. The highest BCUT2D eigenvalue weighted by Gasteiger charge is 2.27. The van der Waals surface area contributed by atoms with Crippen LogP contribution >= 0.6 is 0 Å². The third-order valence-electron chi connectivity index (χ3n) is 3.94. The third-order valence-corrected chi connectivity index (χ3v) is 3.94. The molecule has 2 amide bonds. The highest BCUT2D eigenvalue weighted by Crippen LogP contribution is 2.21. The molecular weight excluding hydrogens is 391 g/mol. The van der Waals surface area contributed by atoms with Gasteiger partial charge in [0.2, 0.25) is 11.7 Å². The molecule has 29 heavy (non-hydrogen) atoms. The van der Waals surface area contributed by atoms with Crippen LogP contribution in [0.25, 0.3) is 11.0 Å². The molecule has 0 aliphatic carbocycles. The first kappa shape index (κ1) is 20.3. The van der Waals surface area contributed by atoms with Crippen molar-refractivity contribution in [2.75, 3.05) is 0 Å². The van der Waals surface area contributed by atoms with E-state index in [2.05, 4.69) is 30.7 Å². The fourth-order valence-electron chi connectivity index (χ4n) is 2.53. The first-order valence-electron chi connectivity index (χ1n) is 8.64. The predicted molar refractivity (Wildman–Crippen MR) is 95.4 cm³/mol. The molecule has 2 aromatic heterocycles. The Bertz CT molecular complexity index is 1030. The number of benzene rings is 1. The number of halogens is 3. The fraction of sp³-hybridized carbons (Fsp3) is 0.353. The molecule has 0 atom stereocenters. The molecule has 3 rings (SSSR count). The Labute approximate surface area is 162 Å². The van der Waals surface area contributed by atoms with Crippen LogP contribution in [0.5, 0.6) is 0 Å². The summed E-state index contributed by atoms with van der Waals surface area (Å²) >= 11 is 0. The van der Waals surface area contributed by atoms with Crippen molar-refractivity contribution in [3.8, 4) is 0 Å². The number of carbonyl (C=O) groups is 2. The van der Waals surface area contributed by atoms with Crippen molar-refractivity contribution in [1.82, 2.24) is 35.4 Å². The van der Waals surface area contributed by atoms with Crippen molar-refractivity contribution in [1.29, 1.82) is 0 Å². The first-order valence-corrected chi connectivity index (χ1v) is 8.64. The van der Waals surface area contributed by atoms with Crippen molar-refractivity contribution >= 4 is 22.8 Å². The van der Waals surface area contributed by atoms with Crippen LogP contribution in [0.3, 0.4) is 0 Å². The van der Waals surface area contributed by atoms with Crippen LogP contribution < -0.4 is 10.6 Å². The number of nitrogens with one attached hydrogen (secondary N) is 3. The Balaban J connectivity index is 1.55. The fourth-order valence-corrected chi connectivity index (χ4v) is 2.53. The molecule has 0 unspecified atom stereocenters. The highest BCUT2D eigenvalue weighted by atomic mass is 19.4. The number of nitrogens with zero attached hydrogens (tertiary/aromatic N) is 4. The highest BCUT2D eigenvalue weighted by molar-refractivity contribution is 5.90. The van der Waals surface area contributed by atoms with Crippen LogP contribution in [0, 0.1) is 0 Å². The van der Waals surface area contributed by atoms with Crippen LogP contribution in [0.1, 0.15) is 34.8 Å². The standard InChI is InChI=1S/C17H18F3N7O2/c1-27-9-23-15(26-27)16(29)22-8-13-24-11-3-2-10(6-12(11)25-13)7-21-14(28)4-5-17(18,19)20/h2-3,6,9H,4-5,7-8H2,1H3,(H,21,28)(H,22,29)(H,24,25). The Morgan fingerprint density at radius 2 is 2.00 bits per heavy atom. The van der Waals surface area contributed by atoms with Gasteiger partial charge in [0.1, 0.15) is 12.2 Å². The quantitative estimate of drug-likeness (QED) is 0.548. The van der Waals surface area contributed by atoms with Gasteiger partial charge in [-0.25, -0.2) is 9.97 Å². The maximum Gasteiger partial charge on any atom is 0.389 e. The van der Waals surface area contributed by atoms with Crippen molar-refractivity contribution in [2.24, 2.45) is 7.05 Å². The molecule has 9 nitrogen and oxygen atoms in total. The van der Waals surface area contributed by atoms with E-state index in [1.165, 1.54) is 11.0 Å². The number of alkyl halides is 3. The van der Waals surface area contributed by atoms with Gasteiger partial charge in [-0.2, -0.15) is 13.2 Å². The SMILES string of the molecule is Cn1cnc(C(=O)NCc2nc3ccc(CNC(=O)CCC(F)(F)F)cc3[nH]2)n1. The summed E-state index contributed by atoms with van der Waals surface area (Å²) in [4.78, 5) is 34.7. The zero-order valence-electron chi connectivity index (χ0n) is 15.4. The summed E-state index contributed by atoms with van der Waals surface area (Å²) in [6.45, 7) is 0.234. The number of aryl methyl sites for hydroxylation is 1. The van der Waals surface area contributed by atoms with Crippen molar-refractivity contribution < 1.29 is 22.8 Å². The van der Waals surface area contributed by atoms with Gasteiger partial charge >= 0.3 is 6.18 Å². The minimum Gasteiger partial charge on any atom is -0.352 e. The van der Waals surface area contributed by atoms with Crippen LogP contribution in [0.15, 0.2) is 24.5 Å². The summed E-state index contributed by atoms with van der Waals surface area (Å²) in [6, 6.07) is 5.17.